The summed E-state index contributed by atoms with van der Waals surface area (Å²) in [7, 11) is -3.58. The Labute approximate surface area is 86.1 Å². The quantitative estimate of drug-likeness (QED) is 0.608. The van der Waals surface area contributed by atoms with Crippen LogP contribution in [0.15, 0.2) is 40.8 Å². The number of sulfone groups is 1. The Morgan fingerprint density at radius 3 is 2.20 bits per heavy atom. The van der Waals surface area contributed by atoms with E-state index in [2.05, 4.69) is 0 Å². The first-order valence-electron chi connectivity index (χ1n) is 3.85. The molecule has 0 saturated heterocycles. The van der Waals surface area contributed by atoms with Crippen molar-refractivity contribution in [1.82, 2.24) is 0 Å². The molecule has 6 nitrogen and oxygen atoms in total. The summed E-state index contributed by atoms with van der Waals surface area (Å²) in [6.07, 6.45) is 0.900. The molecular formula is C8H8N2O4S. The third-order valence-corrected chi connectivity index (χ3v) is 3.08. The molecule has 80 valence electrons. The van der Waals surface area contributed by atoms with Gasteiger partial charge < -0.3 is 5.73 Å². The third kappa shape index (κ3) is 2.53. The van der Waals surface area contributed by atoms with Crippen LogP contribution in [0.2, 0.25) is 0 Å². The molecule has 0 saturated carbocycles. The minimum atomic E-state index is -3.58. The van der Waals surface area contributed by atoms with Gasteiger partial charge >= 0.3 is 0 Å². The van der Waals surface area contributed by atoms with Crippen molar-refractivity contribution in [1.29, 1.82) is 0 Å². The van der Waals surface area contributed by atoms with Crippen LogP contribution < -0.4 is 5.73 Å². The Hall–Kier alpha value is -1.89. The summed E-state index contributed by atoms with van der Waals surface area (Å²) in [5.74, 6) is 0. The summed E-state index contributed by atoms with van der Waals surface area (Å²) in [5.41, 5.74) is 4.80. The fourth-order valence-electron chi connectivity index (χ4n) is 0.940. The fraction of sp³-hybridized carbons (Fsp3) is 0. The van der Waals surface area contributed by atoms with Gasteiger partial charge in [-0.3, -0.25) is 10.1 Å². The van der Waals surface area contributed by atoms with Crippen LogP contribution in [-0.2, 0) is 9.84 Å². The molecule has 0 aromatic heterocycles. The van der Waals surface area contributed by atoms with Crippen LogP contribution in [0.25, 0.3) is 0 Å². The summed E-state index contributed by atoms with van der Waals surface area (Å²) in [6.45, 7) is 0. The van der Waals surface area contributed by atoms with E-state index in [1.54, 1.807) is 0 Å². The molecule has 1 rings (SSSR count). The van der Waals surface area contributed by atoms with Crippen LogP contribution in [0.5, 0.6) is 0 Å². The maximum Gasteiger partial charge on any atom is 0.269 e. The molecule has 0 atom stereocenters. The highest BCUT2D eigenvalue weighted by Crippen LogP contribution is 2.17. The van der Waals surface area contributed by atoms with Crippen molar-refractivity contribution < 1.29 is 13.3 Å². The van der Waals surface area contributed by atoms with Crippen LogP contribution in [0.3, 0.4) is 0 Å². The molecule has 0 unspecified atom stereocenters. The average molecular weight is 228 g/mol. The molecule has 0 spiro atoms. The Morgan fingerprint density at radius 1 is 1.27 bits per heavy atom. The number of hydrogen-bond acceptors (Lipinski definition) is 5. The number of rotatable bonds is 3. The van der Waals surface area contributed by atoms with Crippen LogP contribution in [-0.4, -0.2) is 13.3 Å². The number of non-ortho nitro benzene ring substituents is 1. The lowest BCUT2D eigenvalue weighted by atomic mass is 10.3. The lowest BCUT2D eigenvalue weighted by molar-refractivity contribution is -0.384. The molecule has 0 amide bonds. The van der Waals surface area contributed by atoms with Gasteiger partial charge in [0.05, 0.1) is 15.2 Å². The first-order valence-corrected chi connectivity index (χ1v) is 5.40. The first kappa shape index (κ1) is 11.2. The SMILES string of the molecule is N/C=C/S(=O)(=O)c1ccc([N+](=O)[O-])cc1. The number of nitro benzene ring substituents is 1. The Bertz CT molecular complexity index is 490. The van der Waals surface area contributed by atoms with Gasteiger partial charge in [0.2, 0.25) is 9.84 Å². The fourth-order valence-corrected chi connectivity index (χ4v) is 1.82. The molecule has 7 heteroatoms. The van der Waals surface area contributed by atoms with E-state index in [-0.39, 0.29) is 10.6 Å². The lowest BCUT2D eigenvalue weighted by Crippen LogP contribution is -1.98. The maximum absolute atomic E-state index is 11.4. The minimum absolute atomic E-state index is 0.0326. The zero-order valence-electron chi connectivity index (χ0n) is 7.53. The van der Waals surface area contributed by atoms with Crippen LogP contribution in [0.4, 0.5) is 5.69 Å². The van der Waals surface area contributed by atoms with Crippen molar-refractivity contribution in [2.24, 2.45) is 5.73 Å². The van der Waals surface area contributed by atoms with Gasteiger partial charge in [0.15, 0.2) is 0 Å². The van der Waals surface area contributed by atoms with E-state index in [1.807, 2.05) is 0 Å². The average Bonchev–Trinajstić information content (AvgIpc) is 2.18. The van der Waals surface area contributed by atoms with Crippen LogP contribution in [0.1, 0.15) is 0 Å². The lowest BCUT2D eigenvalue weighted by Gasteiger charge is -1.97. The van der Waals surface area contributed by atoms with Crippen molar-refractivity contribution >= 4 is 15.5 Å². The van der Waals surface area contributed by atoms with Crippen molar-refractivity contribution in [3.05, 3.63) is 46.0 Å². The summed E-state index contributed by atoms with van der Waals surface area (Å²) < 4.78 is 22.8. The first-order chi connectivity index (χ1) is 6.97. The van der Waals surface area contributed by atoms with Gasteiger partial charge in [-0.1, -0.05) is 0 Å². The van der Waals surface area contributed by atoms with Gasteiger partial charge in [0.25, 0.3) is 5.69 Å². The smallest absolute Gasteiger partial charge is 0.269 e. The number of nitrogens with two attached hydrogens (primary N) is 1. The topological polar surface area (TPSA) is 103 Å². The van der Waals surface area contributed by atoms with Crippen molar-refractivity contribution in [2.45, 2.75) is 4.90 Å². The molecule has 0 fully saturated rings. The van der Waals surface area contributed by atoms with Crippen LogP contribution in [0, 0.1) is 10.1 Å². The highest BCUT2D eigenvalue weighted by atomic mass is 32.2. The summed E-state index contributed by atoms with van der Waals surface area (Å²) in [4.78, 5) is 9.68. The third-order valence-electron chi connectivity index (χ3n) is 1.63. The molecule has 15 heavy (non-hydrogen) atoms. The number of nitro groups is 1. The van der Waals surface area contributed by atoms with Gasteiger partial charge in [-0.25, -0.2) is 8.42 Å². The molecule has 1 aromatic rings. The van der Waals surface area contributed by atoms with E-state index in [9.17, 15) is 18.5 Å². The van der Waals surface area contributed by atoms with Crippen molar-refractivity contribution in [3.8, 4) is 0 Å². The summed E-state index contributed by atoms with van der Waals surface area (Å²) >= 11 is 0. The van der Waals surface area contributed by atoms with E-state index >= 15 is 0 Å². The van der Waals surface area contributed by atoms with Gasteiger partial charge in [-0.05, 0) is 12.1 Å². The highest BCUT2D eigenvalue weighted by Gasteiger charge is 2.12. The van der Waals surface area contributed by atoms with E-state index in [4.69, 9.17) is 5.73 Å². The van der Waals surface area contributed by atoms with Gasteiger partial charge in [0.1, 0.15) is 0 Å². The minimum Gasteiger partial charge on any atom is -0.404 e. The molecule has 0 aliphatic rings. The van der Waals surface area contributed by atoms with E-state index in [0.717, 1.165) is 35.9 Å². The molecule has 2 N–H and O–H groups in total. The largest absolute Gasteiger partial charge is 0.404 e. The number of nitrogens with zero attached hydrogens (tertiary/aromatic N) is 1. The highest BCUT2D eigenvalue weighted by molar-refractivity contribution is 7.94. The van der Waals surface area contributed by atoms with Crippen molar-refractivity contribution in [2.75, 3.05) is 0 Å². The maximum atomic E-state index is 11.4. The Balaban J connectivity index is 3.15. The molecule has 0 heterocycles. The van der Waals surface area contributed by atoms with E-state index in [1.165, 1.54) is 0 Å². The van der Waals surface area contributed by atoms with Gasteiger partial charge in [-0.2, -0.15) is 0 Å². The second-order valence-electron chi connectivity index (χ2n) is 2.62. The van der Waals surface area contributed by atoms with Crippen LogP contribution >= 0.6 is 0 Å². The zero-order chi connectivity index (χ0) is 11.5. The summed E-state index contributed by atoms with van der Waals surface area (Å²) in [5, 5.41) is 11.1. The Kier molecular flexibility index (Phi) is 3.05. The Morgan fingerprint density at radius 2 is 1.80 bits per heavy atom. The van der Waals surface area contributed by atoms with Gasteiger partial charge in [0, 0.05) is 18.3 Å². The molecule has 0 aliphatic heterocycles. The molecule has 0 radical (unpaired) electrons. The normalized spacial score (nSPS) is 11.7. The molecule has 1 aromatic carbocycles. The zero-order valence-corrected chi connectivity index (χ0v) is 8.35. The predicted molar refractivity (Wildman–Crippen MR) is 53.6 cm³/mol. The molecule has 0 aliphatic carbocycles. The van der Waals surface area contributed by atoms with Gasteiger partial charge in [-0.15, -0.1) is 0 Å². The predicted octanol–water partition coefficient (Wildman–Crippen LogP) is 0.798. The van der Waals surface area contributed by atoms with Crippen molar-refractivity contribution in [3.63, 3.8) is 0 Å². The second-order valence-corrected chi connectivity index (χ2v) is 4.46. The number of benzene rings is 1. The monoisotopic (exact) mass is 228 g/mol. The number of hydrogen-bond donors (Lipinski definition) is 1. The van der Waals surface area contributed by atoms with E-state index < -0.39 is 14.8 Å². The molecule has 0 bridgehead atoms. The standard InChI is InChI=1S/C8H8N2O4S/c9-5-6-15(13,14)8-3-1-7(2-4-8)10(11)12/h1-6H,9H2/b6-5+. The molecular weight excluding hydrogens is 220 g/mol. The van der Waals surface area contributed by atoms with E-state index in [0.29, 0.717) is 0 Å². The second kappa shape index (κ2) is 4.09. The summed E-state index contributed by atoms with van der Waals surface area (Å²) in [6, 6.07) is 4.56.